The van der Waals surface area contributed by atoms with Crippen molar-refractivity contribution in [2.75, 3.05) is 0 Å². The van der Waals surface area contributed by atoms with Gasteiger partial charge in [-0.2, -0.15) is 0 Å². The van der Waals surface area contributed by atoms with Gasteiger partial charge in [0.1, 0.15) is 0 Å². The molecule has 0 saturated heterocycles. The van der Waals surface area contributed by atoms with Crippen molar-refractivity contribution in [1.82, 2.24) is 0 Å². The molecule has 0 bridgehead atoms. The van der Waals surface area contributed by atoms with E-state index in [1.54, 1.807) is 0 Å². The van der Waals surface area contributed by atoms with Crippen LogP contribution in [0.4, 0.5) is 0 Å². The van der Waals surface area contributed by atoms with Crippen LogP contribution in [0.2, 0.25) is 0 Å². The number of allylic oxidation sites excluding steroid dienone is 6. The summed E-state index contributed by atoms with van der Waals surface area (Å²) in [5.74, 6) is 0.666. The Labute approximate surface area is 109 Å². The van der Waals surface area contributed by atoms with Crippen LogP contribution in [0.5, 0.6) is 0 Å². The second kappa shape index (κ2) is 11.7. The Bertz CT molecular complexity index is 243. The van der Waals surface area contributed by atoms with Crippen molar-refractivity contribution in [3.05, 3.63) is 36.0 Å². The maximum atomic E-state index is 2.35. The van der Waals surface area contributed by atoms with Crippen LogP contribution in [0.25, 0.3) is 0 Å². The fraction of sp³-hybridized carbons (Fsp3) is 0.647. The van der Waals surface area contributed by atoms with Crippen LogP contribution in [0.1, 0.15) is 66.2 Å². The molecule has 1 unspecified atom stereocenters. The fourth-order valence-electron chi connectivity index (χ4n) is 1.64. The molecular weight excluding hydrogens is 204 g/mol. The van der Waals surface area contributed by atoms with Crippen molar-refractivity contribution in [3.63, 3.8) is 0 Å². The van der Waals surface area contributed by atoms with Crippen LogP contribution in [-0.2, 0) is 0 Å². The molecule has 0 aliphatic heterocycles. The lowest BCUT2D eigenvalue weighted by Gasteiger charge is -2.08. The Morgan fingerprint density at radius 3 is 2.47 bits per heavy atom. The molecule has 0 heterocycles. The highest BCUT2D eigenvalue weighted by Gasteiger charge is 1.99. The van der Waals surface area contributed by atoms with Crippen LogP contribution in [0, 0.1) is 5.92 Å². The lowest BCUT2D eigenvalue weighted by Crippen LogP contribution is -1.93. The summed E-state index contributed by atoms with van der Waals surface area (Å²) in [5.41, 5.74) is 1.48. The summed E-state index contributed by atoms with van der Waals surface area (Å²) in [6, 6.07) is 0. The minimum absolute atomic E-state index is 0.666. The molecule has 0 radical (unpaired) electrons. The van der Waals surface area contributed by atoms with E-state index in [2.05, 4.69) is 58.1 Å². The molecule has 0 N–H and O–H groups in total. The molecule has 0 nitrogen and oxygen atoms in total. The van der Waals surface area contributed by atoms with Crippen molar-refractivity contribution in [3.8, 4) is 0 Å². The van der Waals surface area contributed by atoms with E-state index in [1.165, 1.54) is 37.7 Å². The molecule has 0 spiro atoms. The molecule has 0 aromatic heterocycles. The first-order chi connectivity index (χ1) is 8.22. The van der Waals surface area contributed by atoms with Crippen molar-refractivity contribution in [1.29, 1.82) is 0 Å². The van der Waals surface area contributed by atoms with Crippen LogP contribution < -0.4 is 0 Å². The molecule has 1 atom stereocenters. The van der Waals surface area contributed by atoms with E-state index in [4.69, 9.17) is 0 Å². The third kappa shape index (κ3) is 10.1. The zero-order valence-corrected chi connectivity index (χ0v) is 12.2. The normalized spacial score (nSPS) is 14.9. The van der Waals surface area contributed by atoms with E-state index in [0.717, 1.165) is 6.42 Å². The summed E-state index contributed by atoms with van der Waals surface area (Å²) < 4.78 is 0. The maximum Gasteiger partial charge on any atom is -0.0197 e. The Hall–Kier alpha value is -0.780. The lowest BCUT2D eigenvalue weighted by molar-refractivity contribution is 0.688. The van der Waals surface area contributed by atoms with Gasteiger partial charge in [-0.05, 0) is 38.5 Å². The molecule has 98 valence electrons. The van der Waals surface area contributed by atoms with Gasteiger partial charge in [-0.3, -0.25) is 0 Å². The largest absolute Gasteiger partial charge is 0.0885 e. The van der Waals surface area contributed by atoms with Crippen molar-refractivity contribution in [2.45, 2.75) is 66.2 Å². The summed E-state index contributed by atoms with van der Waals surface area (Å²) >= 11 is 0. The van der Waals surface area contributed by atoms with E-state index >= 15 is 0 Å². The third-order valence-corrected chi connectivity index (χ3v) is 3.14. The fourth-order valence-corrected chi connectivity index (χ4v) is 1.64. The van der Waals surface area contributed by atoms with Crippen molar-refractivity contribution >= 4 is 0 Å². The predicted octanol–water partition coefficient (Wildman–Crippen LogP) is 6.06. The Morgan fingerprint density at radius 2 is 1.82 bits per heavy atom. The van der Waals surface area contributed by atoms with Crippen LogP contribution in [0.15, 0.2) is 36.0 Å². The monoisotopic (exact) mass is 234 g/mol. The van der Waals surface area contributed by atoms with E-state index < -0.39 is 0 Å². The average molecular weight is 234 g/mol. The standard InChI is InChI=1S/C17H30/c1-5-7-9-10-11-13-15-17(4)16(3)14-12-8-6-2/h8,11-14,17H,5-7,9-10,15H2,1-4H3/b12-8+,13-11+,16-14-. The molecule has 0 aliphatic carbocycles. The second-order valence-corrected chi connectivity index (χ2v) is 4.85. The van der Waals surface area contributed by atoms with Gasteiger partial charge in [0.2, 0.25) is 0 Å². The van der Waals surface area contributed by atoms with Gasteiger partial charge < -0.3 is 0 Å². The van der Waals surface area contributed by atoms with Gasteiger partial charge >= 0.3 is 0 Å². The first kappa shape index (κ1) is 16.2. The molecule has 0 saturated carbocycles. The highest BCUT2D eigenvalue weighted by atomic mass is 14.1. The first-order valence-electron chi connectivity index (χ1n) is 7.20. The van der Waals surface area contributed by atoms with Crippen molar-refractivity contribution < 1.29 is 0 Å². The molecule has 0 fully saturated rings. The molecule has 0 aliphatic rings. The van der Waals surface area contributed by atoms with Crippen LogP contribution >= 0.6 is 0 Å². The van der Waals surface area contributed by atoms with E-state index in [0.29, 0.717) is 5.92 Å². The summed E-state index contributed by atoms with van der Waals surface area (Å²) in [4.78, 5) is 0. The molecule has 0 heteroatoms. The summed E-state index contributed by atoms with van der Waals surface area (Å²) in [5, 5.41) is 0. The molecule has 17 heavy (non-hydrogen) atoms. The van der Waals surface area contributed by atoms with E-state index in [-0.39, 0.29) is 0 Å². The zero-order valence-electron chi connectivity index (χ0n) is 12.2. The Kier molecular flexibility index (Phi) is 11.2. The van der Waals surface area contributed by atoms with Gasteiger partial charge in [0.05, 0.1) is 0 Å². The third-order valence-electron chi connectivity index (χ3n) is 3.14. The van der Waals surface area contributed by atoms with Crippen LogP contribution in [0.3, 0.4) is 0 Å². The number of rotatable bonds is 9. The smallest absolute Gasteiger partial charge is 0.0197 e. The highest BCUT2D eigenvalue weighted by Crippen LogP contribution is 2.15. The van der Waals surface area contributed by atoms with Gasteiger partial charge in [0.15, 0.2) is 0 Å². The van der Waals surface area contributed by atoms with Gasteiger partial charge in [0, 0.05) is 0 Å². The topological polar surface area (TPSA) is 0 Å². The van der Waals surface area contributed by atoms with Gasteiger partial charge in [-0.15, -0.1) is 0 Å². The minimum atomic E-state index is 0.666. The van der Waals surface area contributed by atoms with Gasteiger partial charge in [0.25, 0.3) is 0 Å². The lowest BCUT2D eigenvalue weighted by atomic mass is 9.98. The van der Waals surface area contributed by atoms with E-state index in [9.17, 15) is 0 Å². The van der Waals surface area contributed by atoms with Gasteiger partial charge in [-0.25, -0.2) is 0 Å². The second-order valence-electron chi connectivity index (χ2n) is 4.85. The molecule has 0 amide bonds. The minimum Gasteiger partial charge on any atom is -0.0885 e. The molecule has 0 rings (SSSR count). The molecular formula is C17H30. The first-order valence-corrected chi connectivity index (χ1v) is 7.20. The maximum absolute atomic E-state index is 2.35. The SMILES string of the molecule is CC/C=C/C=C(/C)C(C)C/C=C/CCCCC. The number of hydrogen-bond acceptors (Lipinski definition) is 0. The van der Waals surface area contributed by atoms with Crippen LogP contribution in [-0.4, -0.2) is 0 Å². The Balaban J connectivity index is 3.80. The van der Waals surface area contributed by atoms with Crippen molar-refractivity contribution in [2.24, 2.45) is 5.92 Å². The molecule has 0 aromatic rings. The van der Waals surface area contributed by atoms with Gasteiger partial charge in [-0.1, -0.05) is 69.6 Å². The quantitative estimate of drug-likeness (QED) is 0.258. The summed E-state index contributed by atoms with van der Waals surface area (Å²) in [6.45, 7) is 8.96. The average Bonchev–Trinajstić information content (AvgIpc) is 2.33. The number of unbranched alkanes of at least 4 members (excludes halogenated alkanes) is 3. The Morgan fingerprint density at radius 1 is 1.06 bits per heavy atom. The summed E-state index contributed by atoms with van der Waals surface area (Å²) in [7, 11) is 0. The zero-order chi connectivity index (χ0) is 12.9. The summed E-state index contributed by atoms with van der Waals surface area (Å²) in [6.07, 6.45) is 18.9. The highest BCUT2D eigenvalue weighted by molar-refractivity contribution is 5.13. The number of hydrogen-bond donors (Lipinski definition) is 0. The molecule has 0 aromatic carbocycles. The van der Waals surface area contributed by atoms with E-state index in [1.807, 2.05) is 0 Å². The predicted molar refractivity (Wildman–Crippen MR) is 80.3 cm³/mol.